The molecule has 2 fully saturated rings. The SMILES string of the molecule is CC(C)(C)OC(=O)[C@H](CCC(=O)OCCOC(=O)[C@@H]1OC(C)(C)N(C(=O)OC(C)(C)C)[C@H]1CC1CCCCC1)NC(=O)OCc1ccccc1. The van der Waals surface area contributed by atoms with Gasteiger partial charge in [0.05, 0.1) is 6.04 Å². The highest BCUT2D eigenvalue weighted by Gasteiger charge is 2.54. The van der Waals surface area contributed by atoms with Gasteiger partial charge in [-0.3, -0.25) is 9.69 Å². The maximum atomic E-state index is 13.4. The van der Waals surface area contributed by atoms with Crippen molar-refractivity contribution in [1.29, 1.82) is 0 Å². The molecule has 0 radical (unpaired) electrons. The molecule has 13 heteroatoms. The molecule has 1 aromatic rings. The van der Waals surface area contributed by atoms with E-state index in [1.54, 1.807) is 67.5 Å². The number of ether oxygens (including phenoxy) is 6. The Morgan fingerprint density at radius 1 is 0.880 bits per heavy atom. The Hall–Kier alpha value is -3.87. The van der Waals surface area contributed by atoms with Gasteiger partial charge in [-0.1, -0.05) is 62.4 Å². The summed E-state index contributed by atoms with van der Waals surface area (Å²) in [5.74, 6) is -1.72. The summed E-state index contributed by atoms with van der Waals surface area (Å²) in [5.41, 5.74) is -1.92. The standard InChI is InChI=1S/C37H56N2O11/c1-35(2,3)49-31(41)27(38-33(43)47-24-26-17-13-10-14-18-26)19-20-29(40)45-21-22-46-32(42)30-28(23-25-15-11-9-12-16-25)39(37(7,8)48-30)34(44)50-36(4,5)6/h10,13-14,17-18,25,27-28,30H,9,11-12,15-16,19-24H2,1-8H3,(H,38,43)/t27-,28-,30+/m0/s1. The van der Waals surface area contributed by atoms with Crippen molar-refractivity contribution in [2.75, 3.05) is 13.2 Å². The molecule has 0 spiro atoms. The molecule has 3 atom stereocenters. The summed E-state index contributed by atoms with van der Waals surface area (Å²) in [6, 6.07) is 7.29. The fourth-order valence-corrected chi connectivity index (χ4v) is 6.09. The van der Waals surface area contributed by atoms with E-state index in [0.717, 1.165) is 31.2 Å². The van der Waals surface area contributed by atoms with E-state index in [0.29, 0.717) is 12.3 Å². The quantitative estimate of drug-likeness (QED) is 0.142. The van der Waals surface area contributed by atoms with Gasteiger partial charge in [0.2, 0.25) is 0 Å². The number of amides is 2. The Labute approximate surface area is 296 Å². The molecule has 1 heterocycles. The minimum Gasteiger partial charge on any atom is -0.462 e. The Morgan fingerprint density at radius 3 is 2.12 bits per heavy atom. The lowest BCUT2D eigenvalue weighted by atomic mass is 9.83. The molecule has 0 bridgehead atoms. The van der Waals surface area contributed by atoms with Gasteiger partial charge >= 0.3 is 30.1 Å². The summed E-state index contributed by atoms with van der Waals surface area (Å²) >= 11 is 0. The largest absolute Gasteiger partial charge is 0.462 e. The first-order valence-corrected chi connectivity index (χ1v) is 17.6. The summed E-state index contributed by atoms with van der Waals surface area (Å²) in [6.07, 6.45) is 3.18. The lowest BCUT2D eigenvalue weighted by Crippen LogP contribution is -2.51. The zero-order chi connectivity index (χ0) is 37.1. The van der Waals surface area contributed by atoms with E-state index in [1.807, 2.05) is 18.2 Å². The molecule has 3 rings (SSSR count). The van der Waals surface area contributed by atoms with Crippen LogP contribution in [0.25, 0.3) is 0 Å². The maximum Gasteiger partial charge on any atom is 0.412 e. The Balaban J connectivity index is 1.54. The van der Waals surface area contributed by atoms with Crippen LogP contribution in [0, 0.1) is 5.92 Å². The summed E-state index contributed by atoms with van der Waals surface area (Å²) < 4.78 is 33.2. The van der Waals surface area contributed by atoms with Crippen molar-refractivity contribution in [3.8, 4) is 0 Å². The fraction of sp³-hybridized carbons (Fsp3) is 0.703. The van der Waals surface area contributed by atoms with E-state index in [2.05, 4.69) is 5.32 Å². The average molecular weight is 705 g/mol. The molecule has 2 amide bonds. The van der Waals surface area contributed by atoms with Crippen molar-refractivity contribution in [2.24, 2.45) is 5.92 Å². The van der Waals surface area contributed by atoms with Crippen LogP contribution < -0.4 is 5.32 Å². The summed E-state index contributed by atoms with van der Waals surface area (Å²) in [7, 11) is 0. The summed E-state index contributed by atoms with van der Waals surface area (Å²) in [4.78, 5) is 66.1. The minimum atomic E-state index is -1.17. The first-order chi connectivity index (χ1) is 23.3. The van der Waals surface area contributed by atoms with Crippen LogP contribution in [0.4, 0.5) is 9.59 Å². The third-order valence-electron chi connectivity index (χ3n) is 8.22. The topological polar surface area (TPSA) is 156 Å². The zero-order valence-corrected chi connectivity index (χ0v) is 30.9. The number of carbonyl (C=O) groups excluding carboxylic acids is 5. The van der Waals surface area contributed by atoms with Crippen LogP contribution in [0.5, 0.6) is 0 Å². The van der Waals surface area contributed by atoms with Crippen molar-refractivity contribution < 1.29 is 52.4 Å². The van der Waals surface area contributed by atoms with Crippen LogP contribution in [0.1, 0.15) is 112 Å². The summed E-state index contributed by atoms with van der Waals surface area (Å²) in [5, 5.41) is 2.48. The van der Waals surface area contributed by atoms with Crippen LogP contribution in [-0.4, -0.2) is 83.3 Å². The van der Waals surface area contributed by atoms with Gasteiger partial charge in [-0.25, -0.2) is 19.2 Å². The van der Waals surface area contributed by atoms with Gasteiger partial charge in [0.15, 0.2) is 6.10 Å². The van der Waals surface area contributed by atoms with E-state index < -0.39 is 65.2 Å². The monoisotopic (exact) mass is 704 g/mol. The van der Waals surface area contributed by atoms with Crippen molar-refractivity contribution >= 4 is 30.1 Å². The molecule has 50 heavy (non-hydrogen) atoms. The van der Waals surface area contributed by atoms with E-state index in [-0.39, 0.29) is 32.7 Å². The Kier molecular flexibility index (Phi) is 14.5. The highest BCUT2D eigenvalue weighted by molar-refractivity contribution is 5.82. The number of esters is 3. The first kappa shape index (κ1) is 40.6. The van der Waals surface area contributed by atoms with Crippen molar-refractivity contribution in [1.82, 2.24) is 10.2 Å². The zero-order valence-electron chi connectivity index (χ0n) is 30.9. The highest BCUT2D eigenvalue weighted by atomic mass is 16.6. The minimum absolute atomic E-state index is 0.00176. The van der Waals surface area contributed by atoms with Crippen LogP contribution in [0.2, 0.25) is 0 Å². The second kappa shape index (κ2) is 17.9. The molecule has 2 aliphatic rings. The number of nitrogens with one attached hydrogen (secondary N) is 1. The number of hydrogen-bond donors (Lipinski definition) is 1. The molecule has 1 aliphatic carbocycles. The number of nitrogens with zero attached hydrogens (tertiary/aromatic N) is 1. The predicted octanol–water partition coefficient (Wildman–Crippen LogP) is 6.20. The second-order valence-corrected chi connectivity index (χ2v) is 15.4. The maximum absolute atomic E-state index is 13.4. The van der Waals surface area contributed by atoms with Gasteiger partial charge in [-0.2, -0.15) is 0 Å². The molecule has 1 saturated carbocycles. The smallest absolute Gasteiger partial charge is 0.412 e. The molecule has 0 aromatic heterocycles. The molecule has 1 N–H and O–H groups in total. The number of rotatable bonds is 13. The van der Waals surface area contributed by atoms with Gasteiger partial charge in [0, 0.05) is 6.42 Å². The van der Waals surface area contributed by atoms with Gasteiger partial charge in [-0.15, -0.1) is 0 Å². The first-order valence-electron chi connectivity index (χ1n) is 17.6. The normalized spacial score (nSPS) is 20.0. The van der Waals surface area contributed by atoms with Crippen molar-refractivity contribution in [3.63, 3.8) is 0 Å². The third-order valence-corrected chi connectivity index (χ3v) is 8.22. The molecule has 1 aliphatic heterocycles. The number of benzene rings is 1. The van der Waals surface area contributed by atoms with Gasteiger partial charge in [-0.05, 0) is 79.7 Å². The molecular formula is C37H56N2O11. The van der Waals surface area contributed by atoms with Crippen LogP contribution in [-0.2, 0) is 49.4 Å². The Bertz CT molecular complexity index is 1300. The van der Waals surface area contributed by atoms with E-state index in [9.17, 15) is 24.0 Å². The molecule has 0 unspecified atom stereocenters. The Morgan fingerprint density at radius 2 is 1.50 bits per heavy atom. The lowest BCUT2D eigenvalue weighted by Gasteiger charge is -2.36. The number of carbonyl (C=O) groups is 5. The van der Waals surface area contributed by atoms with Gasteiger partial charge < -0.3 is 33.7 Å². The highest BCUT2D eigenvalue weighted by Crippen LogP contribution is 2.39. The second-order valence-electron chi connectivity index (χ2n) is 15.4. The average Bonchev–Trinajstić information content (AvgIpc) is 3.29. The van der Waals surface area contributed by atoms with E-state index in [4.69, 9.17) is 28.4 Å². The molecular weight excluding hydrogens is 648 g/mol. The molecule has 13 nitrogen and oxygen atoms in total. The van der Waals surface area contributed by atoms with Gasteiger partial charge in [0.1, 0.15) is 42.8 Å². The van der Waals surface area contributed by atoms with Crippen molar-refractivity contribution in [2.45, 2.75) is 148 Å². The van der Waals surface area contributed by atoms with Crippen molar-refractivity contribution in [3.05, 3.63) is 35.9 Å². The fourth-order valence-electron chi connectivity index (χ4n) is 6.09. The van der Waals surface area contributed by atoms with Gasteiger partial charge in [0.25, 0.3) is 0 Å². The van der Waals surface area contributed by atoms with E-state index >= 15 is 0 Å². The predicted molar refractivity (Wildman–Crippen MR) is 183 cm³/mol. The van der Waals surface area contributed by atoms with Crippen LogP contribution in [0.15, 0.2) is 30.3 Å². The number of alkyl carbamates (subject to hydrolysis) is 1. The summed E-state index contributed by atoms with van der Waals surface area (Å²) in [6.45, 7) is 13.4. The number of hydrogen-bond acceptors (Lipinski definition) is 11. The lowest BCUT2D eigenvalue weighted by molar-refractivity contribution is -0.165. The molecule has 1 saturated heterocycles. The van der Waals surface area contributed by atoms with Crippen LogP contribution in [0.3, 0.4) is 0 Å². The molecule has 1 aromatic carbocycles. The third kappa shape index (κ3) is 13.4. The molecule has 280 valence electrons. The van der Waals surface area contributed by atoms with E-state index in [1.165, 1.54) is 11.3 Å². The van der Waals surface area contributed by atoms with Crippen LogP contribution >= 0.6 is 0 Å².